The molecular weight excluding hydrogens is 522 g/mol. The molecule has 1 aliphatic heterocycles. The molecule has 0 unspecified atom stereocenters. The summed E-state index contributed by atoms with van der Waals surface area (Å²) < 4.78 is 6.28. The van der Waals surface area contributed by atoms with Crippen molar-refractivity contribution >= 4 is 56.8 Å². The molecule has 200 valence electrons. The van der Waals surface area contributed by atoms with Gasteiger partial charge in [0.25, 0.3) is 17.5 Å². The maximum Gasteiger partial charge on any atom is 0.335 e. The molecule has 9 heteroatoms. The van der Waals surface area contributed by atoms with Gasteiger partial charge >= 0.3 is 6.03 Å². The number of amides is 4. The lowest BCUT2D eigenvalue weighted by atomic mass is 9.99. The first-order valence-corrected chi connectivity index (χ1v) is 12.7. The summed E-state index contributed by atoms with van der Waals surface area (Å²) in [7, 11) is 0. The minimum absolute atomic E-state index is 0.0366. The standard InChI is InChI=1S/C32H21N3O6/c36-30-28(31(37)34(32(38)33-30)23-11-6-12-24(17-23)35(39)40)18-27-26-14-4-2-8-21(26)15-16-29(27)41-19-22-10-5-9-20-7-1-3-13-25(20)22/h1-18H,19H2,(H,33,36,38)/b28-18+. The number of nitrogens with zero attached hydrogens (tertiary/aromatic N) is 2. The van der Waals surface area contributed by atoms with Crippen molar-refractivity contribution in [2.24, 2.45) is 0 Å². The summed E-state index contributed by atoms with van der Waals surface area (Å²) in [5, 5.41) is 17.2. The second-order valence-corrected chi connectivity index (χ2v) is 9.36. The molecule has 0 spiro atoms. The Bertz CT molecular complexity index is 1920. The van der Waals surface area contributed by atoms with Gasteiger partial charge in [-0.25, -0.2) is 9.69 Å². The third-order valence-corrected chi connectivity index (χ3v) is 6.88. The molecule has 6 rings (SSSR count). The van der Waals surface area contributed by atoms with Crippen molar-refractivity contribution in [1.82, 2.24) is 5.32 Å². The van der Waals surface area contributed by atoms with Crippen molar-refractivity contribution in [3.8, 4) is 5.75 Å². The predicted octanol–water partition coefficient (Wildman–Crippen LogP) is 6.15. The zero-order chi connectivity index (χ0) is 28.5. The lowest BCUT2D eigenvalue weighted by Crippen LogP contribution is -2.54. The van der Waals surface area contributed by atoms with E-state index in [9.17, 15) is 24.5 Å². The SMILES string of the molecule is O=C1NC(=O)N(c2cccc([N+](=O)[O-])c2)C(=O)/C1=C/c1c(OCc2cccc3ccccc23)ccc2ccccc12. The van der Waals surface area contributed by atoms with Crippen molar-refractivity contribution in [2.75, 3.05) is 4.90 Å². The van der Waals surface area contributed by atoms with Crippen LogP contribution in [0.5, 0.6) is 5.75 Å². The van der Waals surface area contributed by atoms with Crippen LogP contribution in [0, 0.1) is 10.1 Å². The van der Waals surface area contributed by atoms with E-state index >= 15 is 0 Å². The fraction of sp³-hybridized carbons (Fsp3) is 0.0312. The summed E-state index contributed by atoms with van der Waals surface area (Å²) in [6.45, 7) is 0.230. The van der Waals surface area contributed by atoms with E-state index in [1.165, 1.54) is 24.3 Å². The van der Waals surface area contributed by atoms with Crippen LogP contribution in [0.2, 0.25) is 0 Å². The number of carbonyl (C=O) groups excluding carboxylic acids is 3. The van der Waals surface area contributed by atoms with Crippen LogP contribution in [0.3, 0.4) is 0 Å². The molecule has 1 N–H and O–H groups in total. The van der Waals surface area contributed by atoms with E-state index < -0.39 is 22.8 Å². The van der Waals surface area contributed by atoms with Crippen molar-refractivity contribution in [3.05, 3.63) is 130 Å². The fourth-order valence-corrected chi connectivity index (χ4v) is 4.91. The molecule has 1 saturated heterocycles. The van der Waals surface area contributed by atoms with Gasteiger partial charge in [0.2, 0.25) is 0 Å². The number of imide groups is 2. The number of nitro groups is 1. The highest BCUT2D eigenvalue weighted by atomic mass is 16.6. The molecular formula is C32H21N3O6. The minimum atomic E-state index is -0.997. The predicted molar refractivity (Wildman–Crippen MR) is 154 cm³/mol. The van der Waals surface area contributed by atoms with E-state index in [2.05, 4.69) is 5.32 Å². The van der Waals surface area contributed by atoms with E-state index in [1.54, 1.807) is 6.07 Å². The van der Waals surface area contributed by atoms with E-state index in [0.29, 0.717) is 16.2 Å². The summed E-state index contributed by atoms with van der Waals surface area (Å²) in [6, 6.07) is 29.1. The number of anilines is 1. The quantitative estimate of drug-likeness (QED) is 0.119. The largest absolute Gasteiger partial charge is 0.488 e. The van der Waals surface area contributed by atoms with Gasteiger partial charge in [-0.1, -0.05) is 78.9 Å². The Kier molecular flexibility index (Phi) is 6.45. The zero-order valence-electron chi connectivity index (χ0n) is 21.4. The summed E-state index contributed by atoms with van der Waals surface area (Å²) in [5.74, 6) is -1.36. The van der Waals surface area contributed by atoms with Gasteiger partial charge in [0.05, 0.1) is 10.6 Å². The lowest BCUT2D eigenvalue weighted by Gasteiger charge is -2.26. The number of hydrogen-bond donors (Lipinski definition) is 1. The number of rotatable bonds is 6. The smallest absolute Gasteiger partial charge is 0.335 e. The molecule has 1 fully saturated rings. The van der Waals surface area contributed by atoms with Gasteiger partial charge in [-0.15, -0.1) is 0 Å². The molecule has 4 amide bonds. The summed E-state index contributed by atoms with van der Waals surface area (Å²) in [5.41, 5.74) is 0.788. The Morgan fingerprint density at radius 3 is 2.27 bits per heavy atom. The van der Waals surface area contributed by atoms with Crippen molar-refractivity contribution in [1.29, 1.82) is 0 Å². The van der Waals surface area contributed by atoms with E-state index in [-0.39, 0.29) is 23.6 Å². The maximum atomic E-state index is 13.6. The third kappa shape index (κ3) is 4.76. The number of ether oxygens (including phenoxy) is 1. The number of non-ortho nitro benzene ring substituents is 1. The van der Waals surface area contributed by atoms with Crippen LogP contribution in [0.15, 0.2) is 109 Å². The number of carbonyl (C=O) groups is 3. The molecule has 0 saturated carbocycles. The Morgan fingerprint density at radius 1 is 0.805 bits per heavy atom. The monoisotopic (exact) mass is 543 g/mol. The van der Waals surface area contributed by atoms with Crippen LogP contribution >= 0.6 is 0 Å². The Labute approximate surface area is 233 Å². The van der Waals surface area contributed by atoms with Crippen LogP contribution in [-0.4, -0.2) is 22.8 Å². The number of barbiturate groups is 1. The molecule has 41 heavy (non-hydrogen) atoms. The highest BCUT2D eigenvalue weighted by Gasteiger charge is 2.37. The number of nitro benzene ring substituents is 1. The molecule has 0 aliphatic carbocycles. The molecule has 0 bridgehead atoms. The molecule has 0 radical (unpaired) electrons. The lowest BCUT2D eigenvalue weighted by molar-refractivity contribution is -0.384. The molecule has 0 aromatic heterocycles. The summed E-state index contributed by atoms with van der Waals surface area (Å²) in [6.07, 6.45) is 1.40. The second-order valence-electron chi connectivity index (χ2n) is 9.36. The van der Waals surface area contributed by atoms with Crippen molar-refractivity contribution in [2.45, 2.75) is 6.61 Å². The number of fused-ring (bicyclic) bond motifs is 2. The van der Waals surface area contributed by atoms with Crippen molar-refractivity contribution < 1.29 is 24.0 Å². The summed E-state index contributed by atoms with van der Waals surface area (Å²) in [4.78, 5) is 50.6. The first-order valence-electron chi connectivity index (χ1n) is 12.7. The van der Waals surface area contributed by atoms with Crippen LogP contribution in [-0.2, 0) is 16.2 Å². The van der Waals surface area contributed by atoms with Gasteiger partial charge in [-0.05, 0) is 45.3 Å². The van der Waals surface area contributed by atoms with Crippen LogP contribution < -0.4 is 15.0 Å². The molecule has 5 aromatic carbocycles. The summed E-state index contributed by atoms with van der Waals surface area (Å²) >= 11 is 0. The zero-order valence-corrected chi connectivity index (χ0v) is 21.4. The van der Waals surface area contributed by atoms with E-state index in [0.717, 1.165) is 33.2 Å². The van der Waals surface area contributed by atoms with E-state index in [1.807, 2.05) is 72.8 Å². The van der Waals surface area contributed by atoms with Crippen LogP contribution in [0.1, 0.15) is 11.1 Å². The highest BCUT2D eigenvalue weighted by Crippen LogP contribution is 2.33. The Balaban J connectivity index is 1.42. The molecule has 5 aromatic rings. The normalized spacial score (nSPS) is 14.5. The number of hydrogen-bond acceptors (Lipinski definition) is 6. The first-order chi connectivity index (χ1) is 19.9. The number of urea groups is 1. The topological polar surface area (TPSA) is 119 Å². The van der Waals surface area contributed by atoms with Gasteiger partial charge in [0.1, 0.15) is 17.9 Å². The fourth-order valence-electron chi connectivity index (χ4n) is 4.91. The minimum Gasteiger partial charge on any atom is -0.488 e. The molecule has 1 heterocycles. The Hall–Kier alpha value is -5.83. The average molecular weight is 544 g/mol. The average Bonchev–Trinajstić information content (AvgIpc) is 2.98. The molecule has 1 aliphatic rings. The highest BCUT2D eigenvalue weighted by molar-refractivity contribution is 6.39. The van der Waals surface area contributed by atoms with Crippen LogP contribution in [0.4, 0.5) is 16.2 Å². The maximum absolute atomic E-state index is 13.6. The van der Waals surface area contributed by atoms with Gasteiger partial charge in [0, 0.05) is 17.7 Å². The second kappa shape index (κ2) is 10.4. The van der Waals surface area contributed by atoms with Crippen molar-refractivity contribution in [3.63, 3.8) is 0 Å². The first kappa shape index (κ1) is 25.4. The van der Waals surface area contributed by atoms with E-state index in [4.69, 9.17) is 4.74 Å². The van der Waals surface area contributed by atoms with Gasteiger partial charge < -0.3 is 4.74 Å². The molecule has 9 nitrogen and oxygen atoms in total. The third-order valence-electron chi connectivity index (χ3n) is 6.88. The van der Waals surface area contributed by atoms with Gasteiger partial charge in [0.15, 0.2) is 0 Å². The number of nitrogens with one attached hydrogen (secondary N) is 1. The number of benzene rings is 5. The van der Waals surface area contributed by atoms with Crippen LogP contribution in [0.25, 0.3) is 27.6 Å². The Morgan fingerprint density at radius 2 is 1.49 bits per heavy atom. The van der Waals surface area contributed by atoms with Gasteiger partial charge in [-0.3, -0.25) is 25.0 Å². The van der Waals surface area contributed by atoms with Gasteiger partial charge in [-0.2, -0.15) is 0 Å². The molecule has 0 atom stereocenters.